The number of para-hydroxylation sites is 1. The molecule has 2 saturated carbocycles. The zero-order valence-corrected chi connectivity index (χ0v) is 13.1. The Morgan fingerprint density at radius 2 is 1.95 bits per heavy atom. The average Bonchev–Trinajstić information content (AvgIpc) is 3.19. The molecule has 2 nitrogen and oxygen atoms in total. The minimum atomic E-state index is 0.477. The van der Waals surface area contributed by atoms with Gasteiger partial charge in [0.05, 0.1) is 12.6 Å². The van der Waals surface area contributed by atoms with Crippen molar-refractivity contribution in [2.75, 3.05) is 19.0 Å². The SMILES string of the molecule is COCC(Nc1ccccc1SC1CCCC1)C1CC1. The predicted octanol–water partition coefficient (Wildman–Crippen LogP) is 4.56. The Balaban J connectivity index is 1.67. The van der Waals surface area contributed by atoms with Crippen LogP contribution in [-0.2, 0) is 4.74 Å². The first-order chi connectivity index (χ1) is 9.86. The molecule has 1 aromatic rings. The third-order valence-corrected chi connectivity index (χ3v) is 5.78. The zero-order chi connectivity index (χ0) is 13.8. The molecule has 0 aromatic heterocycles. The van der Waals surface area contributed by atoms with Gasteiger partial charge in [-0.2, -0.15) is 0 Å². The molecule has 20 heavy (non-hydrogen) atoms. The highest BCUT2D eigenvalue weighted by Gasteiger charge is 2.31. The number of hydrogen-bond donors (Lipinski definition) is 1. The molecule has 1 N–H and O–H groups in total. The van der Waals surface area contributed by atoms with Crippen LogP contribution < -0.4 is 5.32 Å². The fraction of sp³-hybridized carbons (Fsp3) is 0.647. The van der Waals surface area contributed by atoms with Crippen LogP contribution in [0.5, 0.6) is 0 Å². The van der Waals surface area contributed by atoms with Gasteiger partial charge < -0.3 is 10.1 Å². The predicted molar refractivity (Wildman–Crippen MR) is 86.6 cm³/mol. The summed E-state index contributed by atoms with van der Waals surface area (Å²) in [5, 5.41) is 4.56. The number of hydrogen-bond acceptors (Lipinski definition) is 3. The molecule has 2 fully saturated rings. The normalized spacial score (nSPS) is 21.1. The third kappa shape index (κ3) is 3.70. The van der Waals surface area contributed by atoms with Gasteiger partial charge in [0.1, 0.15) is 0 Å². The second kappa shape index (κ2) is 6.86. The van der Waals surface area contributed by atoms with Gasteiger partial charge in [0, 0.05) is 22.9 Å². The highest BCUT2D eigenvalue weighted by atomic mass is 32.2. The quantitative estimate of drug-likeness (QED) is 0.796. The van der Waals surface area contributed by atoms with E-state index in [1.807, 2.05) is 0 Å². The van der Waals surface area contributed by atoms with Crippen LogP contribution in [0.2, 0.25) is 0 Å². The summed E-state index contributed by atoms with van der Waals surface area (Å²) in [7, 11) is 1.80. The highest BCUT2D eigenvalue weighted by Crippen LogP contribution is 2.40. The van der Waals surface area contributed by atoms with Crippen LogP contribution in [0.4, 0.5) is 5.69 Å². The van der Waals surface area contributed by atoms with E-state index in [2.05, 4.69) is 41.3 Å². The Morgan fingerprint density at radius 3 is 2.65 bits per heavy atom. The van der Waals surface area contributed by atoms with E-state index in [1.165, 1.54) is 49.1 Å². The van der Waals surface area contributed by atoms with Crippen molar-refractivity contribution in [2.24, 2.45) is 5.92 Å². The van der Waals surface area contributed by atoms with E-state index in [-0.39, 0.29) is 0 Å². The van der Waals surface area contributed by atoms with E-state index >= 15 is 0 Å². The summed E-state index contributed by atoms with van der Waals surface area (Å²) >= 11 is 2.07. The van der Waals surface area contributed by atoms with Gasteiger partial charge in [-0.05, 0) is 43.7 Å². The van der Waals surface area contributed by atoms with Crippen LogP contribution in [0.25, 0.3) is 0 Å². The molecular formula is C17H25NOS. The number of methoxy groups -OCH3 is 1. The van der Waals surface area contributed by atoms with Crippen molar-refractivity contribution in [3.8, 4) is 0 Å². The Hall–Kier alpha value is -0.670. The van der Waals surface area contributed by atoms with E-state index in [1.54, 1.807) is 7.11 Å². The number of rotatable bonds is 7. The lowest BCUT2D eigenvalue weighted by Crippen LogP contribution is -2.27. The molecule has 1 atom stereocenters. The van der Waals surface area contributed by atoms with Gasteiger partial charge in [0.2, 0.25) is 0 Å². The van der Waals surface area contributed by atoms with Crippen LogP contribution in [0.3, 0.4) is 0 Å². The average molecular weight is 291 g/mol. The first kappa shape index (κ1) is 14.3. The molecule has 0 aliphatic heterocycles. The maximum Gasteiger partial charge on any atom is 0.0666 e. The van der Waals surface area contributed by atoms with Gasteiger partial charge in [-0.1, -0.05) is 25.0 Å². The van der Waals surface area contributed by atoms with Crippen molar-refractivity contribution in [3.05, 3.63) is 24.3 Å². The Kier molecular flexibility index (Phi) is 4.90. The summed E-state index contributed by atoms with van der Waals surface area (Å²) in [6.07, 6.45) is 8.26. The van der Waals surface area contributed by atoms with Crippen molar-refractivity contribution >= 4 is 17.4 Å². The molecule has 0 amide bonds. The third-order valence-electron chi connectivity index (χ3n) is 4.36. The van der Waals surface area contributed by atoms with E-state index in [9.17, 15) is 0 Å². The van der Waals surface area contributed by atoms with Crippen LogP contribution in [0, 0.1) is 5.92 Å². The van der Waals surface area contributed by atoms with Crippen LogP contribution in [0.1, 0.15) is 38.5 Å². The number of benzene rings is 1. The van der Waals surface area contributed by atoms with E-state index in [4.69, 9.17) is 4.74 Å². The fourth-order valence-electron chi connectivity index (χ4n) is 3.05. The number of thioether (sulfide) groups is 1. The van der Waals surface area contributed by atoms with Crippen molar-refractivity contribution in [2.45, 2.75) is 54.7 Å². The van der Waals surface area contributed by atoms with Crippen molar-refractivity contribution in [3.63, 3.8) is 0 Å². The number of nitrogens with one attached hydrogen (secondary N) is 1. The molecule has 0 saturated heterocycles. The van der Waals surface area contributed by atoms with E-state index in [0.717, 1.165) is 17.8 Å². The summed E-state index contributed by atoms with van der Waals surface area (Å²) < 4.78 is 5.38. The van der Waals surface area contributed by atoms with E-state index in [0.29, 0.717) is 6.04 Å². The van der Waals surface area contributed by atoms with Crippen LogP contribution in [0.15, 0.2) is 29.2 Å². The van der Waals surface area contributed by atoms with Crippen LogP contribution >= 0.6 is 11.8 Å². The van der Waals surface area contributed by atoms with Crippen molar-refractivity contribution < 1.29 is 4.74 Å². The first-order valence-corrected chi connectivity index (χ1v) is 8.76. The fourth-order valence-corrected chi connectivity index (χ4v) is 4.39. The number of anilines is 1. The van der Waals surface area contributed by atoms with Gasteiger partial charge >= 0.3 is 0 Å². The minimum Gasteiger partial charge on any atom is -0.383 e. The molecular weight excluding hydrogens is 266 g/mol. The molecule has 0 spiro atoms. The van der Waals surface area contributed by atoms with Gasteiger partial charge in [-0.3, -0.25) is 0 Å². The van der Waals surface area contributed by atoms with Crippen molar-refractivity contribution in [1.82, 2.24) is 0 Å². The Bertz CT molecular complexity index is 427. The summed E-state index contributed by atoms with van der Waals surface area (Å²) in [5.74, 6) is 0.805. The van der Waals surface area contributed by atoms with E-state index < -0.39 is 0 Å². The monoisotopic (exact) mass is 291 g/mol. The topological polar surface area (TPSA) is 21.3 Å². The lowest BCUT2D eigenvalue weighted by Gasteiger charge is -2.21. The maximum atomic E-state index is 5.38. The first-order valence-electron chi connectivity index (χ1n) is 7.88. The highest BCUT2D eigenvalue weighted by molar-refractivity contribution is 8.00. The number of ether oxygens (including phenoxy) is 1. The zero-order valence-electron chi connectivity index (χ0n) is 12.3. The summed E-state index contributed by atoms with van der Waals surface area (Å²) in [4.78, 5) is 1.42. The van der Waals surface area contributed by atoms with Crippen molar-refractivity contribution in [1.29, 1.82) is 0 Å². The molecule has 1 aromatic carbocycles. The van der Waals surface area contributed by atoms with Gasteiger partial charge in [0.25, 0.3) is 0 Å². The summed E-state index contributed by atoms with van der Waals surface area (Å²) in [6.45, 7) is 0.813. The standard InChI is InChI=1S/C17H25NOS/c1-19-12-16(13-10-11-13)18-15-8-4-5-9-17(15)20-14-6-2-3-7-14/h4-5,8-9,13-14,16,18H,2-3,6-7,10-12H2,1H3. The smallest absolute Gasteiger partial charge is 0.0666 e. The van der Waals surface area contributed by atoms with Crippen LogP contribution in [-0.4, -0.2) is 25.0 Å². The lowest BCUT2D eigenvalue weighted by atomic mass is 10.2. The molecule has 2 aliphatic carbocycles. The maximum absolute atomic E-state index is 5.38. The van der Waals surface area contributed by atoms with Gasteiger partial charge in [0.15, 0.2) is 0 Å². The summed E-state index contributed by atoms with van der Waals surface area (Å²) in [5.41, 5.74) is 1.30. The lowest BCUT2D eigenvalue weighted by molar-refractivity contribution is 0.179. The molecule has 0 radical (unpaired) electrons. The second-order valence-electron chi connectivity index (χ2n) is 6.06. The largest absolute Gasteiger partial charge is 0.383 e. The molecule has 110 valence electrons. The Labute approximate surface area is 126 Å². The molecule has 3 heteroatoms. The molecule has 0 bridgehead atoms. The summed E-state index contributed by atoms with van der Waals surface area (Å²) in [6, 6.07) is 9.26. The van der Waals surface area contributed by atoms with Gasteiger partial charge in [-0.25, -0.2) is 0 Å². The molecule has 0 heterocycles. The molecule has 3 rings (SSSR count). The van der Waals surface area contributed by atoms with Gasteiger partial charge in [-0.15, -0.1) is 11.8 Å². The Morgan fingerprint density at radius 1 is 1.20 bits per heavy atom. The molecule has 2 aliphatic rings. The minimum absolute atomic E-state index is 0.477. The second-order valence-corrected chi connectivity index (χ2v) is 7.41. The molecule has 1 unspecified atom stereocenters.